The molecule has 34 heavy (non-hydrogen) atoms. The highest BCUT2D eigenvalue weighted by Crippen LogP contribution is 2.51. The zero-order chi connectivity index (χ0) is 26.2. The van der Waals surface area contributed by atoms with Crippen LogP contribution in [-0.4, -0.2) is 32.5 Å². The van der Waals surface area contributed by atoms with Gasteiger partial charge in [-0.15, -0.1) is 0 Å². The number of benzene rings is 1. The summed E-state index contributed by atoms with van der Waals surface area (Å²) >= 11 is 21.4. The zero-order valence-corrected chi connectivity index (χ0v) is 18.1. The normalized spacial score (nSPS) is 17.9. The third-order valence-electron chi connectivity index (χ3n) is 4.40. The summed E-state index contributed by atoms with van der Waals surface area (Å²) in [6, 6.07) is 0. The van der Waals surface area contributed by atoms with Crippen LogP contribution in [0.2, 0.25) is 0 Å². The molecule has 0 aromatic heterocycles. The first-order chi connectivity index (χ1) is 15.4. The van der Waals surface area contributed by atoms with Crippen molar-refractivity contribution in [2.45, 2.75) is 12.4 Å². The molecule has 0 radical (unpaired) electrons. The molecule has 18 heteroatoms. The van der Waals surface area contributed by atoms with Crippen molar-refractivity contribution in [3.8, 4) is 0 Å². The van der Waals surface area contributed by atoms with E-state index in [0.29, 0.717) is 0 Å². The van der Waals surface area contributed by atoms with Crippen molar-refractivity contribution >= 4 is 81.5 Å². The van der Waals surface area contributed by atoms with Gasteiger partial charge < -0.3 is 0 Å². The fourth-order valence-electron chi connectivity index (χ4n) is 3.11. The SMILES string of the molecule is O=C1C(Cl)=C(c2c(F)c(F)c(C(F)(F)F)c(C3=C(Cl)C(=O)N(Cl)C3=O)c2C(F)(F)F)C(=O)N1Cl. The summed E-state index contributed by atoms with van der Waals surface area (Å²) in [5.41, 5.74) is -14.2. The van der Waals surface area contributed by atoms with Gasteiger partial charge in [-0.05, 0) is 0 Å². The molecule has 0 spiro atoms. The van der Waals surface area contributed by atoms with Crippen molar-refractivity contribution in [2.24, 2.45) is 0 Å². The molecule has 4 amide bonds. The van der Waals surface area contributed by atoms with Gasteiger partial charge in [-0.3, -0.25) is 19.2 Å². The topological polar surface area (TPSA) is 74.8 Å². The average molecular weight is 578 g/mol. The Hall–Kier alpha value is -2.42. The highest BCUT2D eigenvalue weighted by Gasteiger charge is 2.54. The molecule has 0 atom stereocenters. The van der Waals surface area contributed by atoms with Gasteiger partial charge in [0.1, 0.15) is 15.6 Å². The van der Waals surface area contributed by atoms with Gasteiger partial charge in [-0.1, -0.05) is 23.2 Å². The van der Waals surface area contributed by atoms with E-state index in [1.54, 1.807) is 0 Å². The Balaban J connectivity index is 2.70. The molecule has 3 rings (SSSR count). The van der Waals surface area contributed by atoms with E-state index in [9.17, 15) is 54.3 Å². The summed E-state index contributed by atoms with van der Waals surface area (Å²) in [6.45, 7) is 0. The Morgan fingerprint density at radius 2 is 0.912 bits per heavy atom. The zero-order valence-electron chi connectivity index (χ0n) is 15.1. The summed E-state index contributed by atoms with van der Waals surface area (Å²) < 4.78 is 112. The lowest BCUT2D eigenvalue weighted by atomic mass is 9.86. The Morgan fingerprint density at radius 3 is 1.21 bits per heavy atom. The predicted octanol–water partition coefficient (Wildman–Crippen LogP) is 4.95. The Labute approximate surface area is 201 Å². The van der Waals surface area contributed by atoms with Crippen LogP contribution in [-0.2, 0) is 31.5 Å². The van der Waals surface area contributed by atoms with Gasteiger partial charge in [-0.25, -0.2) is 8.78 Å². The molecular weight excluding hydrogens is 578 g/mol. The first-order valence-corrected chi connectivity index (χ1v) is 9.37. The third-order valence-corrected chi connectivity index (χ3v) is 5.72. The van der Waals surface area contributed by atoms with Crippen LogP contribution < -0.4 is 0 Å². The van der Waals surface area contributed by atoms with Crippen molar-refractivity contribution in [2.75, 3.05) is 0 Å². The van der Waals surface area contributed by atoms with Crippen LogP contribution in [0.25, 0.3) is 11.1 Å². The monoisotopic (exact) mass is 576 g/mol. The van der Waals surface area contributed by atoms with E-state index >= 15 is 0 Å². The molecule has 0 aliphatic carbocycles. The van der Waals surface area contributed by atoms with E-state index in [1.165, 1.54) is 0 Å². The maximum absolute atomic E-state index is 14.8. The van der Waals surface area contributed by atoms with Gasteiger partial charge in [-0.2, -0.15) is 35.2 Å². The van der Waals surface area contributed by atoms with Crippen LogP contribution >= 0.6 is 46.8 Å². The molecule has 1 aromatic rings. The lowest BCUT2D eigenvalue weighted by Crippen LogP contribution is -2.27. The van der Waals surface area contributed by atoms with Crippen molar-refractivity contribution in [3.63, 3.8) is 0 Å². The first-order valence-electron chi connectivity index (χ1n) is 7.94. The second kappa shape index (κ2) is 8.07. The van der Waals surface area contributed by atoms with E-state index in [-0.39, 0.29) is 0 Å². The molecule has 2 aliphatic heterocycles. The molecule has 2 heterocycles. The van der Waals surface area contributed by atoms with Crippen LogP contribution in [0.4, 0.5) is 35.1 Å². The molecule has 0 unspecified atom stereocenters. The third kappa shape index (κ3) is 3.63. The average Bonchev–Trinajstić information content (AvgIpc) is 3.01. The maximum atomic E-state index is 14.8. The van der Waals surface area contributed by atoms with E-state index in [1.807, 2.05) is 0 Å². The highest BCUT2D eigenvalue weighted by atomic mass is 35.5. The minimum Gasteiger partial charge on any atom is -0.267 e. The van der Waals surface area contributed by atoms with Crippen LogP contribution in [0, 0.1) is 11.6 Å². The number of imide groups is 2. The number of carbonyl (C=O) groups excluding carboxylic acids is 4. The molecule has 0 bridgehead atoms. The number of rotatable bonds is 2. The van der Waals surface area contributed by atoms with Crippen LogP contribution in [0.1, 0.15) is 22.3 Å². The molecule has 0 fully saturated rings. The smallest absolute Gasteiger partial charge is 0.267 e. The van der Waals surface area contributed by atoms with Gasteiger partial charge >= 0.3 is 12.4 Å². The van der Waals surface area contributed by atoms with E-state index < -0.39 is 99.9 Å². The molecule has 0 saturated heterocycles. The van der Waals surface area contributed by atoms with E-state index in [0.717, 1.165) is 0 Å². The number of amides is 4. The maximum Gasteiger partial charge on any atom is 0.419 e. The van der Waals surface area contributed by atoms with Gasteiger partial charge in [0.05, 0.1) is 16.7 Å². The highest BCUT2D eigenvalue weighted by molar-refractivity contribution is 6.61. The summed E-state index contributed by atoms with van der Waals surface area (Å²) in [5, 5.41) is -3.12. The summed E-state index contributed by atoms with van der Waals surface area (Å²) in [6.07, 6.45) is -12.2. The van der Waals surface area contributed by atoms with Gasteiger partial charge in [0, 0.05) is 34.7 Å². The number of hydrogen-bond acceptors (Lipinski definition) is 4. The minimum absolute atomic E-state index is 0.441. The Kier molecular flexibility index (Phi) is 6.22. The summed E-state index contributed by atoms with van der Waals surface area (Å²) in [7, 11) is 0. The van der Waals surface area contributed by atoms with Crippen molar-refractivity contribution < 1.29 is 54.3 Å². The van der Waals surface area contributed by atoms with E-state index in [2.05, 4.69) is 0 Å². The van der Waals surface area contributed by atoms with Gasteiger partial charge in [0.15, 0.2) is 11.6 Å². The van der Waals surface area contributed by atoms with Gasteiger partial charge in [0.2, 0.25) is 0 Å². The lowest BCUT2D eigenvalue weighted by molar-refractivity contribution is -0.145. The summed E-state index contributed by atoms with van der Waals surface area (Å²) in [4.78, 5) is 48.0. The van der Waals surface area contributed by atoms with Crippen LogP contribution in [0.15, 0.2) is 10.1 Å². The van der Waals surface area contributed by atoms with Gasteiger partial charge in [0.25, 0.3) is 23.6 Å². The van der Waals surface area contributed by atoms with Crippen LogP contribution in [0.5, 0.6) is 0 Å². The first kappa shape index (κ1) is 26.2. The fourth-order valence-corrected chi connectivity index (χ4v) is 4.06. The second-order valence-electron chi connectivity index (χ2n) is 6.28. The lowest BCUT2D eigenvalue weighted by Gasteiger charge is -2.24. The number of hydrogen-bond donors (Lipinski definition) is 0. The standard InChI is InChI=1S/C16Cl4F8N2O4/c17-7-3(11(31)29(19)13(7)33)1-5(15(23,24)25)2(4-8(18)14(34)30(20)12(4)32)9(21)10(22)6(1)16(26,27)28. The number of carbonyl (C=O) groups is 4. The molecule has 0 N–H and O–H groups in total. The van der Waals surface area contributed by atoms with Crippen molar-refractivity contribution in [3.05, 3.63) is 44.0 Å². The number of alkyl halides is 6. The van der Waals surface area contributed by atoms with E-state index in [4.69, 9.17) is 46.8 Å². The molecule has 182 valence electrons. The van der Waals surface area contributed by atoms with Crippen LogP contribution in [0.3, 0.4) is 0 Å². The quantitative estimate of drug-likeness (QED) is 0.283. The summed E-state index contributed by atoms with van der Waals surface area (Å²) in [5.74, 6) is -13.5. The minimum atomic E-state index is -6.13. The molecule has 6 nitrogen and oxygen atoms in total. The molecular formula is C16Cl4F8N2O4. The second-order valence-corrected chi connectivity index (χ2v) is 7.72. The Morgan fingerprint density at radius 1 is 0.559 bits per heavy atom. The Bertz CT molecular complexity index is 1290. The van der Waals surface area contributed by atoms with Crippen molar-refractivity contribution in [1.82, 2.24) is 8.84 Å². The predicted molar refractivity (Wildman–Crippen MR) is 97.3 cm³/mol. The van der Waals surface area contributed by atoms with Crippen molar-refractivity contribution in [1.29, 1.82) is 0 Å². The molecule has 2 aliphatic rings. The number of halogens is 12. The molecule has 0 saturated carbocycles. The number of nitrogens with zero attached hydrogens (tertiary/aromatic N) is 2. The molecule has 1 aromatic carbocycles. The fraction of sp³-hybridized carbons (Fsp3) is 0.125. The largest absolute Gasteiger partial charge is 0.419 e.